The van der Waals surface area contributed by atoms with Crippen molar-refractivity contribution < 1.29 is 41.9 Å². The molecule has 0 unspecified atom stereocenters. The summed E-state index contributed by atoms with van der Waals surface area (Å²) in [7, 11) is -4.18. The highest BCUT2D eigenvalue weighted by molar-refractivity contribution is 7.90. The van der Waals surface area contributed by atoms with Crippen LogP contribution in [0.2, 0.25) is 0 Å². The molecule has 1 spiro atoms. The van der Waals surface area contributed by atoms with Gasteiger partial charge in [0.1, 0.15) is 41.1 Å². The molecule has 6 amide bonds. The number of allylic oxidation sites excluding steroid dienone is 2. The van der Waals surface area contributed by atoms with Crippen molar-refractivity contribution in [3.63, 3.8) is 0 Å². The molecule has 4 aliphatic heterocycles. The fraction of sp³-hybridized carbons (Fsp3) is 0.618. The summed E-state index contributed by atoms with van der Waals surface area (Å²) in [6.07, 6.45) is 12.0. The molecule has 19 nitrogen and oxygen atoms in total. The second-order valence-electron chi connectivity index (χ2n) is 21.8. The van der Waals surface area contributed by atoms with Crippen molar-refractivity contribution in [1.82, 2.24) is 35.8 Å². The van der Waals surface area contributed by atoms with E-state index in [-0.39, 0.29) is 62.0 Å². The zero-order chi connectivity index (χ0) is 54.2. The molecule has 410 valence electrons. The van der Waals surface area contributed by atoms with Crippen LogP contribution in [0.25, 0.3) is 0 Å². The summed E-state index contributed by atoms with van der Waals surface area (Å²) >= 11 is 0. The summed E-state index contributed by atoms with van der Waals surface area (Å²) in [6.45, 7) is 12.2. The van der Waals surface area contributed by atoms with Gasteiger partial charge in [0, 0.05) is 44.6 Å². The Morgan fingerprint density at radius 3 is 2.13 bits per heavy atom. The molecule has 0 aromatic heterocycles. The standard InChI is InChI=1S/C55H80N10O9S/c1-7-37-19-14-20-38(31-37)32-42-51(70)65-30-17-24-44(65)49(68)62-55(25-18-26-55)52(71)61-41(50(69)64-29-16-23-43(64)48(67)58-27-13-11-9-8-10-12-21-40(56)47(66)60-42)22-15-28-59-53(57)63-75(72,73)46-35(3)34(2)45-39(36(46)4)33-54(5,6)74-45/h8-9,14,19-20,31,40-44H,7,10-13,15-18,21-30,32-33,56H2,1-6H3,(H,58,67)(H,60,66)(H,61,71)(H,62,68)(H3,57,59,63)/b9-8+/t40-,41-,42-,43-,44-/m0/s1. The van der Waals surface area contributed by atoms with Gasteiger partial charge >= 0.3 is 0 Å². The van der Waals surface area contributed by atoms with E-state index in [4.69, 9.17) is 16.2 Å². The van der Waals surface area contributed by atoms with Crippen molar-refractivity contribution >= 4 is 51.4 Å². The number of hydrogen-bond donors (Lipinski definition) is 7. The van der Waals surface area contributed by atoms with Gasteiger partial charge in [-0.25, -0.2) is 13.1 Å². The predicted molar refractivity (Wildman–Crippen MR) is 286 cm³/mol. The van der Waals surface area contributed by atoms with Crippen molar-refractivity contribution in [2.45, 2.75) is 197 Å². The number of hydrogen-bond acceptors (Lipinski definition) is 11. The molecule has 2 saturated heterocycles. The van der Waals surface area contributed by atoms with E-state index >= 15 is 0 Å². The Hall–Kier alpha value is -6.02. The topological polar surface area (TPSA) is 277 Å². The van der Waals surface area contributed by atoms with Crippen LogP contribution in [0.15, 0.2) is 46.3 Å². The van der Waals surface area contributed by atoms with Crippen molar-refractivity contribution in [1.29, 1.82) is 0 Å². The van der Waals surface area contributed by atoms with E-state index in [1.54, 1.807) is 13.8 Å². The average Bonchev–Trinajstić information content (AvgIpc) is 4.13. The second-order valence-corrected chi connectivity index (χ2v) is 23.4. The van der Waals surface area contributed by atoms with E-state index in [2.05, 4.69) is 31.0 Å². The fourth-order valence-electron chi connectivity index (χ4n) is 11.2. The molecule has 75 heavy (non-hydrogen) atoms. The van der Waals surface area contributed by atoms with Crippen molar-refractivity contribution in [3.05, 3.63) is 69.8 Å². The van der Waals surface area contributed by atoms with Crippen molar-refractivity contribution in [2.24, 2.45) is 16.5 Å². The summed E-state index contributed by atoms with van der Waals surface area (Å²) in [6, 6.07) is 3.14. The summed E-state index contributed by atoms with van der Waals surface area (Å²) in [5.41, 5.74) is 15.4. The van der Waals surface area contributed by atoms with E-state index in [0.717, 1.165) is 28.7 Å². The highest BCUT2D eigenvalue weighted by Gasteiger charge is 2.50. The maximum atomic E-state index is 14.7. The molecule has 1 aliphatic carbocycles. The van der Waals surface area contributed by atoms with Crippen molar-refractivity contribution in [2.75, 3.05) is 26.2 Å². The van der Waals surface area contributed by atoms with Crippen LogP contribution in [0.5, 0.6) is 5.75 Å². The normalized spacial score (nSPS) is 25.7. The molecule has 2 aromatic rings. The highest BCUT2D eigenvalue weighted by Crippen LogP contribution is 2.44. The molecule has 4 heterocycles. The van der Waals surface area contributed by atoms with Gasteiger partial charge in [0.25, 0.3) is 10.0 Å². The van der Waals surface area contributed by atoms with Gasteiger partial charge in [-0.15, -0.1) is 0 Å². The van der Waals surface area contributed by atoms with Gasteiger partial charge in [0.2, 0.25) is 41.4 Å². The number of ether oxygens (including phenoxy) is 1. The molecule has 5 atom stereocenters. The Morgan fingerprint density at radius 1 is 0.813 bits per heavy atom. The molecule has 0 bridgehead atoms. The van der Waals surface area contributed by atoms with Crippen LogP contribution < -0.4 is 42.2 Å². The maximum absolute atomic E-state index is 14.7. The Kier molecular flexibility index (Phi) is 18.4. The highest BCUT2D eigenvalue weighted by atomic mass is 32.2. The number of carbonyl (C=O) groups is 6. The van der Waals surface area contributed by atoms with Crippen LogP contribution in [0, 0.1) is 20.8 Å². The second kappa shape index (κ2) is 24.3. The number of aryl methyl sites for hydroxylation is 1. The van der Waals surface area contributed by atoms with E-state index in [0.29, 0.717) is 101 Å². The number of nitrogens with two attached hydrogens (primary N) is 2. The van der Waals surface area contributed by atoms with Gasteiger partial charge < -0.3 is 47.3 Å². The van der Waals surface area contributed by atoms with Gasteiger partial charge in [-0.2, -0.15) is 0 Å². The zero-order valence-electron chi connectivity index (χ0n) is 44.8. The molecule has 3 fully saturated rings. The number of rotatable bonds is 9. The molecular weight excluding hydrogens is 977 g/mol. The first-order chi connectivity index (χ1) is 35.6. The first kappa shape index (κ1) is 56.7. The number of nitrogens with zero attached hydrogens (tertiary/aromatic N) is 3. The molecule has 20 heteroatoms. The fourth-order valence-corrected chi connectivity index (χ4v) is 12.8. The molecule has 1 saturated carbocycles. The molecular formula is C55H80N10O9S. The largest absolute Gasteiger partial charge is 0.487 e. The summed E-state index contributed by atoms with van der Waals surface area (Å²) in [4.78, 5) is 93.1. The average molecular weight is 1060 g/mol. The lowest BCUT2D eigenvalue weighted by atomic mass is 9.75. The van der Waals surface area contributed by atoms with Crippen LogP contribution in [0.3, 0.4) is 0 Å². The zero-order valence-corrected chi connectivity index (χ0v) is 45.6. The summed E-state index contributed by atoms with van der Waals surface area (Å²) in [5.74, 6) is -2.35. The van der Waals surface area contributed by atoms with Crippen LogP contribution in [-0.4, -0.2) is 127 Å². The minimum Gasteiger partial charge on any atom is -0.487 e. The number of aliphatic imine (C=N–C) groups is 1. The number of fused-ring (bicyclic) bond motifs is 3. The maximum Gasteiger partial charge on any atom is 0.264 e. The summed E-state index contributed by atoms with van der Waals surface area (Å²) in [5, 5.41) is 11.9. The Balaban J connectivity index is 1.10. The van der Waals surface area contributed by atoms with E-state index in [9.17, 15) is 37.2 Å². The first-order valence-electron chi connectivity index (χ1n) is 27.1. The Morgan fingerprint density at radius 2 is 1.47 bits per heavy atom. The molecule has 7 rings (SSSR count). The minimum absolute atomic E-state index is 0.0135. The molecule has 9 N–H and O–H groups in total. The number of sulfonamides is 1. The van der Waals surface area contributed by atoms with E-state index in [1.165, 1.54) is 9.80 Å². The van der Waals surface area contributed by atoms with E-state index < -0.39 is 80.9 Å². The number of guanidine groups is 1. The Labute approximate surface area is 442 Å². The third-order valence-electron chi connectivity index (χ3n) is 15.7. The first-order valence-corrected chi connectivity index (χ1v) is 28.6. The van der Waals surface area contributed by atoms with Gasteiger partial charge in [0.15, 0.2) is 0 Å². The lowest BCUT2D eigenvalue weighted by Gasteiger charge is -2.43. The van der Waals surface area contributed by atoms with Gasteiger partial charge in [0.05, 0.1) is 10.9 Å². The van der Waals surface area contributed by atoms with Crippen LogP contribution in [0.1, 0.15) is 144 Å². The third-order valence-corrected chi connectivity index (χ3v) is 17.3. The van der Waals surface area contributed by atoms with Gasteiger partial charge in [-0.3, -0.25) is 33.8 Å². The smallest absolute Gasteiger partial charge is 0.264 e. The lowest BCUT2D eigenvalue weighted by Crippen LogP contribution is -2.67. The van der Waals surface area contributed by atoms with E-state index in [1.807, 2.05) is 64.1 Å². The molecule has 5 aliphatic rings. The minimum atomic E-state index is -4.18. The van der Waals surface area contributed by atoms with Crippen LogP contribution in [0.4, 0.5) is 0 Å². The van der Waals surface area contributed by atoms with Crippen LogP contribution >= 0.6 is 0 Å². The number of nitrogens with one attached hydrogen (secondary N) is 5. The molecule has 0 radical (unpaired) electrons. The molecule has 2 aromatic carbocycles. The SMILES string of the molecule is CCc1cccc(C[C@@H]2NC(=O)[C@@H](N)CCC/C=C/CCCNC(=O)[C@@H]3CCCN3C(=O)[C@H](CCCN=C(N)NS(=O)(=O)c3c(C)c(C)c4c(c3C)CC(C)(C)O4)NC(=O)C3(CCC3)NC(=O)[C@@H]3CCCN3C2=O)c1. The van der Waals surface area contributed by atoms with Crippen LogP contribution in [-0.2, 0) is 58.1 Å². The quantitative estimate of drug-likeness (QED) is 0.0827. The number of benzene rings is 2. The van der Waals surface area contributed by atoms with Gasteiger partial charge in [-0.1, -0.05) is 43.3 Å². The number of amides is 6. The summed E-state index contributed by atoms with van der Waals surface area (Å²) < 4.78 is 36.4. The van der Waals surface area contributed by atoms with Crippen molar-refractivity contribution in [3.8, 4) is 5.75 Å². The predicted octanol–water partition coefficient (Wildman–Crippen LogP) is 3.46. The number of carbonyl (C=O) groups excluding carboxylic acids is 6. The van der Waals surface area contributed by atoms with Gasteiger partial charge in [-0.05, 0) is 159 Å². The lowest BCUT2D eigenvalue weighted by molar-refractivity contribution is -0.146. The Bertz CT molecular complexity index is 2670. The monoisotopic (exact) mass is 1060 g/mol. The third kappa shape index (κ3) is 13.3.